The highest BCUT2D eigenvalue weighted by Gasteiger charge is 2.02. The summed E-state index contributed by atoms with van der Waals surface area (Å²) in [5, 5.41) is 8.52. The number of benzene rings is 1. The molecule has 20 heavy (non-hydrogen) atoms. The van der Waals surface area contributed by atoms with E-state index in [2.05, 4.69) is 9.97 Å². The largest absolute Gasteiger partial charge is 0.478 e. The zero-order valence-corrected chi connectivity index (χ0v) is 11.2. The molecule has 2 aromatic rings. The Hall–Kier alpha value is -2.69. The average Bonchev–Trinajstić information content (AvgIpc) is 2.36. The monoisotopic (exact) mass is 270 g/mol. The van der Waals surface area contributed by atoms with E-state index in [0.717, 1.165) is 17.2 Å². The van der Waals surface area contributed by atoms with Gasteiger partial charge in [-0.05, 0) is 43.2 Å². The third-order valence-corrected chi connectivity index (χ3v) is 2.47. The van der Waals surface area contributed by atoms with Gasteiger partial charge < -0.3 is 9.84 Å². The van der Waals surface area contributed by atoms with E-state index >= 15 is 0 Å². The first kappa shape index (κ1) is 13.7. The fourth-order valence-electron chi connectivity index (χ4n) is 1.73. The Morgan fingerprint density at radius 2 is 1.75 bits per heavy atom. The number of ether oxygens (including phenoxy) is 1. The van der Waals surface area contributed by atoms with Crippen molar-refractivity contribution < 1.29 is 14.6 Å². The van der Waals surface area contributed by atoms with Crippen LogP contribution in [0.1, 0.15) is 16.7 Å². The first-order valence-corrected chi connectivity index (χ1v) is 6.02. The van der Waals surface area contributed by atoms with Crippen molar-refractivity contribution in [2.45, 2.75) is 13.8 Å². The van der Waals surface area contributed by atoms with Gasteiger partial charge in [0.15, 0.2) is 0 Å². The van der Waals surface area contributed by atoms with Gasteiger partial charge in [0.1, 0.15) is 5.75 Å². The maximum Gasteiger partial charge on any atom is 0.328 e. The molecule has 0 fully saturated rings. The Kier molecular flexibility index (Phi) is 4.10. The van der Waals surface area contributed by atoms with Gasteiger partial charge >= 0.3 is 12.0 Å². The molecule has 0 aliphatic heterocycles. The predicted octanol–water partition coefficient (Wildman–Crippen LogP) is 2.98. The van der Waals surface area contributed by atoms with Gasteiger partial charge in [-0.2, -0.15) is 0 Å². The second-order valence-corrected chi connectivity index (χ2v) is 4.40. The lowest BCUT2D eigenvalue weighted by molar-refractivity contribution is -0.131. The number of nitrogens with zero attached hydrogens (tertiary/aromatic N) is 2. The summed E-state index contributed by atoms with van der Waals surface area (Å²) in [5.74, 6) is -0.336. The maximum absolute atomic E-state index is 10.4. The molecule has 0 aliphatic carbocycles. The predicted molar refractivity (Wildman–Crippen MR) is 74.7 cm³/mol. The molecular weight excluding hydrogens is 256 g/mol. The maximum atomic E-state index is 10.4. The topological polar surface area (TPSA) is 72.3 Å². The van der Waals surface area contributed by atoms with Crippen LogP contribution in [0.5, 0.6) is 11.8 Å². The summed E-state index contributed by atoms with van der Waals surface area (Å²) in [4.78, 5) is 18.5. The van der Waals surface area contributed by atoms with Crippen LogP contribution in [-0.4, -0.2) is 21.0 Å². The second-order valence-electron chi connectivity index (χ2n) is 4.40. The molecule has 2 rings (SSSR count). The highest BCUT2D eigenvalue weighted by molar-refractivity contribution is 5.85. The average molecular weight is 270 g/mol. The van der Waals surface area contributed by atoms with Gasteiger partial charge in [0.2, 0.25) is 0 Å². The highest BCUT2D eigenvalue weighted by Crippen LogP contribution is 2.20. The van der Waals surface area contributed by atoms with Crippen LogP contribution in [0.3, 0.4) is 0 Å². The number of hydrogen-bond donors (Lipinski definition) is 1. The van der Waals surface area contributed by atoms with Gasteiger partial charge in [-0.15, -0.1) is 0 Å². The SMILES string of the molecule is Cc1cc(C)cc(Oc2ncc(/C=C/C(=O)O)cn2)c1. The summed E-state index contributed by atoms with van der Waals surface area (Å²) < 4.78 is 5.56. The molecular formula is C15H14N2O3. The molecule has 0 radical (unpaired) electrons. The number of aryl methyl sites for hydroxylation is 2. The number of carbonyl (C=O) groups is 1. The molecule has 0 spiro atoms. The van der Waals surface area contributed by atoms with E-state index in [0.29, 0.717) is 11.3 Å². The van der Waals surface area contributed by atoms with E-state index in [-0.39, 0.29) is 6.01 Å². The van der Waals surface area contributed by atoms with E-state index in [1.54, 1.807) is 0 Å². The van der Waals surface area contributed by atoms with Gasteiger partial charge in [0.05, 0.1) is 0 Å². The van der Waals surface area contributed by atoms with Gasteiger partial charge in [-0.1, -0.05) is 6.07 Å². The van der Waals surface area contributed by atoms with Crippen molar-refractivity contribution in [1.82, 2.24) is 9.97 Å². The minimum absolute atomic E-state index is 0.225. The normalized spacial score (nSPS) is 10.7. The van der Waals surface area contributed by atoms with Crippen LogP contribution in [-0.2, 0) is 4.79 Å². The Bertz CT molecular complexity index is 628. The van der Waals surface area contributed by atoms with Crippen molar-refractivity contribution in [1.29, 1.82) is 0 Å². The fourth-order valence-corrected chi connectivity index (χ4v) is 1.73. The van der Waals surface area contributed by atoms with Crippen LogP contribution >= 0.6 is 0 Å². The van der Waals surface area contributed by atoms with Crippen LogP contribution in [0.25, 0.3) is 6.08 Å². The molecule has 0 unspecified atom stereocenters. The molecule has 1 N–H and O–H groups in total. The van der Waals surface area contributed by atoms with E-state index in [4.69, 9.17) is 9.84 Å². The number of aromatic nitrogens is 2. The molecule has 5 heteroatoms. The smallest absolute Gasteiger partial charge is 0.328 e. The Balaban J connectivity index is 2.12. The van der Waals surface area contributed by atoms with E-state index < -0.39 is 5.97 Å². The van der Waals surface area contributed by atoms with Gasteiger partial charge in [-0.25, -0.2) is 14.8 Å². The molecule has 0 aliphatic rings. The zero-order valence-electron chi connectivity index (χ0n) is 11.2. The van der Waals surface area contributed by atoms with Crippen LogP contribution < -0.4 is 4.74 Å². The molecule has 1 aromatic heterocycles. The molecule has 0 saturated heterocycles. The molecule has 1 heterocycles. The van der Waals surface area contributed by atoms with Crippen molar-refractivity contribution in [3.63, 3.8) is 0 Å². The van der Waals surface area contributed by atoms with E-state index in [9.17, 15) is 4.79 Å². The summed E-state index contributed by atoms with van der Waals surface area (Å²) in [6, 6.07) is 6.07. The third-order valence-electron chi connectivity index (χ3n) is 2.47. The molecule has 0 bridgehead atoms. The third kappa shape index (κ3) is 3.91. The zero-order chi connectivity index (χ0) is 14.5. The molecule has 1 aromatic carbocycles. The van der Waals surface area contributed by atoms with Gasteiger partial charge in [0.25, 0.3) is 0 Å². The lowest BCUT2D eigenvalue weighted by atomic mass is 10.1. The van der Waals surface area contributed by atoms with Crippen LogP contribution in [0.15, 0.2) is 36.7 Å². The van der Waals surface area contributed by atoms with Crippen LogP contribution in [0, 0.1) is 13.8 Å². The second kappa shape index (κ2) is 5.97. The number of hydrogen-bond acceptors (Lipinski definition) is 4. The number of rotatable bonds is 4. The van der Waals surface area contributed by atoms with Crippen molar-refractivity contribution in [3.05, 3.63) is 53.4 Å². The number of carboxylic acid groups (broad SMARTS) is 1. The first-order chi connectivity index (χ1) is 9.52. The summed E-state index contributed by atoms with van der Waals surface area (Å²) in [5.41, 5.74) is 2.79. The highest BCUT2D eigenvalue weighted by atomic mass is 16.5. The van der Waals surface area contributed by atoms with Crippen molar-refractivity contribution in [3.8, 4) is 11.8 Å². The molecule has 0 atom stereocenters. The Labute approximate surface area is 116 Å². The molecule has 5 nitrogen and oxygen atoms in total. The van der Waals surface area contributed by atoms with Crippen LogP contribution in [0.4, 0.5) is 0 Å². The summed E-state index contributed by atoms with van der Waals surface area (Å²) >= 11 is 0. The summed E-state index contributed by atoms with van der Waals surface area (Å²) in [6.45, 7) is 3.97. The Morgan fingerprint density at radius 1 is 1.15 bits per heavy atom. The van der Waals surface area contributed by atoms with Crippen molar-refractivity contribution in [2.24, 2.45) is 0 Å². The van der Waals surface area contributed by atoms with Gasteiger partial charge in [-0.3, -0.25) is 0 Å². The Morgan fingerprint density at radius 3 is 2.30 bits per heavy atom. The fraction of sp³-hybridized carbons (Fsp3) is 0.133. The van der Waals surface area contributed by atoms with E-state index in [1.807, 2.05) is 32.0 Å². The molecule has 102 valence electrons. The number of aliphatic carboxylic acids is 1. The number of carboxylic acids is 1. The van der Waals surface area contributed by atoms with E-state index in [1.165, 1.54) is 18.5 Å². The summed E-state index contributed by atoms with van der Waals surface area (Å²) in [6.07, 6.45) is 5.46. The standard InChI is InChI=1S/C15H14N2O3/c1-10-5-11(2)7-13(6-10)20-15-16-8-12(9-17-15)3-4-14(18)19/h3-9H,1-2H3,(H,18,19)/b4-3+. The minimum Gasteiger partial charge on any atom is -0.478 e. The van der Waals surface area contributed by atoms with Crippen LogP contribution in [0.2, 0.25) is 0 Å². The molecule has 0 amide bonds. The summed E-state index contributed by atoms with van der Waals surface area (Å²) in [7, 11) is 0. The quantitative estimate of drug-likeness (QED) is 0.865. The van der Waals surface area contributed by atoms with Crippen molar-refractivity contribution in [2.75, 3.05) is 0 Å². The molecule has 0 saturated carbocycles. The lowest BCUT2D eigenvalue weighted by Crippen LogP contribution is -1.93. The first-order valence-electron chi connectivity index (χ1n) is 6.02. The minimum atomic E-state index is -1.01. The lowest BCUT2D eigenvalue weighted by Gasteiger charge is -2.06. The van der Waals surface area contributed by atoms with Gasteiger partial charge in [0, 0.05) is 24.0 Å². The van der Waals surface area contributed by atoms with Crippen molar-refractivity contribution >= 4 is 12.0 Å².